The monoisotopic (exact) mass is 421 g/mol. The Balaban J connectivity index is 1.39. The van der Waals surface area contributed by atoms with E-state index >= 15 is 0 Å². The summed E-state index contributed by atoms with van der Waals surface area (Å²) < 4.78 is 5.75. The number of hydrogen-bond acceptors (Lipinski definition) is 4. The highest BCUT2D eigenvalue weighted by molar-refractivity contribution is 5.97. The molecule has 2 aliphatic heterocycles. The van der Waals surface area contributed by atoms with Crippen LogP contribution in [0.25, 0.3) is 0 Å². The largest absolute Gasteiger partial charge is 0.377 e. The number of rotatable bonds is 7. The van der Waals surface area contributed by atoms with E-state index in [0.29, 0.717) is 31.2 Å². The lowest BCUT2D eigenvalue weighted by atomic mass is 10.0. The number of nitrogens with one attached hydrogen (secondary N) is 1. The maximum atomic E-state index is 13.4. The van der Waals surface area contributed by atoms with Crippen LogP contribution in [0, 0.1) is 0 Å². The molecule has 2 heterocycles. The first-order valence-electron chi connectivity index (χ1n) is 11.2. The van der Waals surface area contributed by atoms with Crippen molar-refractivity contribution in [1.82, 2.24) is 15.1 Å². The van der Waals surface area contributed by atoms with Crippen molar-refractivity contribution in [2.24, 2.45) is 0 Å². The van der Waals surface area contributed by atoms with Crippen molar-refractivity contribution in [3.8, 4) is 0 Å². The molecule has 31 heavy (non-hydrogen) atoms. The topological polar surface area (TPSA) is 61.9 Å². The number of ether oxygens (including phenoxy) is 1. The molecule has 0 bridgehead atoms. The summed E-state index contributed by atoms with van der Waals surface area (Å²) >= 11 is 0. The van der Waals surface area contributed by atoms with E-state index in [1.165, 1.54) is 0 Å². The van der Waals surface area contributed by atoms with Gasteiger partial charge in [0.1, 0.15) is 6.04 Å². The van der Waals surface area contributed by atoms with E-state index in [4.69, 9.17) is 4.74 Å². The van der Waals surface area contributed by atoms with Crippen LogP contribution in [0.5, 0.6) is 0 Å². The van der Waals surface area contributed by atoms with Gasteiger partial charge in [-0.1, -0.05) is 48.5 Å². The van der Waals surface area contributed by atoms with Crippen LogP contribution in [0.3, 0.4) is 0 Å². The summed E-state index contributed by atoms with van der Waals surface area (Å²) in [6, 6.07) is 18.3. The smallest absolute Gasteiger partial charge is 0.251 e. The molecular weight excluding hydrogens is 390 g/mol. The minimum atomic E-state index is -0.583. The summed E-state index contributed by atoms with van der Waals surface area (Å²) in [6.45, 7) is 4.86. The Bertz CT molecular complexity index is 845. The van der Waals surface area contributed by atoms with Crippen molar-refractivity contribution < 1.29 is 14.3 Å². The summed E-state index contributed by atoms with van der Waals surface area (Å²) in [6.07, 6.45) is 3.09. The van der Waals surface area contributed by atoms with Gasteiger partial charge in [-0.25, -0.2) is 0 Å². The number of carbonyl (C=O) groups excluding carboxylic acids is 2. The molecular formula is C25H31N3O3. The molecule has 0 saturated carbocycles. The zero-order chi connectivity index (χ0) is 21.5. The lowest BCUT2D eigenvalue weighted by Gasteiger charge is -2.37. The summed E-state index contributed by atoms with van der Waals surface area (Å²) in [4.78, 5) is 30.4. The normalized spacial score (nSPS) is 20.4. The van der Waals surface area contributed by atoms with Gasteiger partial charge < -0.3 is 15.0 Å². The van der Waals surface area contributed by atoms with E-state index in [9.17, 15) is 9.59 Å². The van der Waals surface area contributed by atoms with E-state index in [0.717, 1.165) is 44.6 Å². The molecule has 0 aliphatic carbocycles. The third-order valence-electron chi connectivity index (χ3n) is 6.09. The second-order valence-electron chi connectivity index (χ2n) is 8.34. The molecule has 2 amide bonds. The Morgan fingerprint density at radius 1 is 0.968 bits per heavy atom. The molecule has 0 aromatic heterocycles. The van der Waals surface area contributed by atoms with Crippen LogP contribution >= 0.6 is 0 Å². The van der Waals surface area contributed by atoms with Gasteiger partial charge in [-0.3, -0.25) is 14.5 Å². The van der Waals surface area contributed by atoms with Crippen molar-refractivity contribution >= 4 is 11.8 Å². The molecule has 0 unspecified atom stereocenters. The zero-order valence-electron chi connectivity index (χ0n) is 17.9. The van der Waals surface area contributed by atoms with Gasteiger partial charge in [-0.15, -0.1) is 0 Å². The van der Waals surface area contributed by atoms with Crippen molar-refractivity contribution in [2.45, 2.75) is 31.4 Å². The van der Waals surface area contributed by atoms with Gasteiger partial charge in [0.25, 0.3) is 5.91 Å². The van der Waals surface area contributed by atoms with Crippen LogP contribution in [-0.4, -0.2) is 73.1 Å². The van der Waals surface area contributed by atoms with Crippen LogP contribution in [0.1, 0.15) is 28.8 Å². The first-order chi connectivity index (χ1) is 15.2. The predicted molar refractivity (Wildman–Crippen MR) is 120 cm³/mol. The van der Waals surface area contributed by atoms with Crippen LogP contribution in [0.15, 0.2) is 60.7 Å². The highest BCUT2D eigenvalue weighted by atomic mass is 16.5. The lowest BCUT2D eigenvalue weighted by molar-refractivity contribution is -0.135. The first-order valence-corrected chi connectivity index (χ1v) is 11.2. The second kappa shape index (κ2) is 10.6. The summed E-state index contributed by atoms with van der Waals surface area (Å²) in [5, 5.41) is 2.99. The molecule has 2 aliphatic rings. The van der Waals surface area contributed by atoms with Crippen LogP contribution in [-0.2, 0) is 16.0 Å². The molecule has 0 spiro atoms. The third kappa shape index (κ3) is 5.93. The minimum absolute atomic E-state index is 0.00935. The van der Waals surface area contributed by atoms with Gasteiger partial charge in [0.15, 0.2) is 0 Å². The van der Waals surface area contributed by atoms with Crippen LogP contribution in [0.2, 0.25) is 0 Å². The van der Waals surface area contributed by atoms with Gasteiger partial charge in [-0.05, 0) is 30.5 Å². The quantitative estimate of drug-likeness (QED) is 0.746. The first kappa shape index (κ1) is 21.5. The highest BCUT2D eigenvalue weighted by Gasteiger charge is 2.30. The molecule has 6 nitrogen and oxygen atoms in total. The van der Waals surface area contributed by atoms with Gasteiger partial charge in [-0.2, -0.15) is 0 Å². The molecule has 2 fully saturated rings. The third-order valence-corrected chi connectivity index (χ3v) is 6.09. The van der Waals surface area contributed by atoms with E-state index in [1.54, 1.807) is 12.1 Å². The fraction of sp³-hybridized carbons (Fsp3) is 0.440. The maximum Gasteiger partial charge on any atom is 0.251 e. The van der Waals surface area contributed by atoms with E-state index in [1.807, 2.05) is 53.4 Å². The standard InChI is InChI=1S/C25H31N3O3/c29-24(21-10-5-2-6-11-21)26-23(18-20-8-3-1-4-9-20)25(30)28-15-13-27(14-16-28)19-22-12-7-17-31-22/h1-6,8-11,22-23H,7,12-19H2,(H,26,29)/t22-,23-/m0/s1. The second-order valence-corrected chi connectivity index (χ2v) is 8.34. The molecule has 164 valence electrons. The fourth-order valence-electron chi connectivity index (χ4n) is 4.33. The molecule has 1 N–H and O–H groups in total. The van der Waals surface area contributed by atoms with Crippen molar-refractivity contribution in [2.75, 3.05) is 39.3 Å². The number of benzene rings is 2. The van der Waals surface area contributed by atoms with Crippen molar-refractivity contribution in [3.05, 3.63) is 71.8 Å². The molecule has 2 aromatic carbocycles. The fourth-order valence-corrected chi connectivity index (χ4v) is 4.33. The minimum Gasteiger partial charge on any atom is -0.377 e. The molecule has 2 aromatic rings. The number of piperazine rings is 1. The maximum absolute atomic E-state index is 13.4. The SMILES string of the molecule is O=C(N[C@@H](Cc1ccccc1)C(=O)N1CCN(C[C@@H]2CCCO2)CC1)c1ccccc1. The van der Waals surface area contributed by atoms with E-state index in [-0.39, 0.29) is 11.8 Å². The molecule has 4 rings (SSSR count). The van der Waals surface area contributed by atoms with E-state index in [2.05, 4.69) is 10.2 Å². The lowest BCUT2D eigenvalue weighted by Crippen LogP contribution is -2.56. The van der Waals surface area contributed by atoms with Crippen LogP contribution < -0.4 is 5.32 Å². The number of hydrogen-bond donors (Lipinski definition) is 1. The summed E-state index contributed by atoms with van der Waals surface area (Å²) in [7, 11) is 0. The van der Waals surface area contributed by atoms with Crippen molar-refractivity contribution in [3.63, 3.8) is 0 Å². The van der Waals surface area contributed by atoms with Crippen molar-refractivity contribution in [1.29, 1.82) is 0 Å². The van der Waals surface area contributed by atoms with Gasteiger partial charge in [0, 0.05) is 51.3 Å². The molecule has 6 heteroatoms. The summed E-state index contributed by atoms with van der Waals surface area (Å²) in [5.74, 6) is -0.225. The van der Waals surface area contributed by atoms with Gasteiger partial charge in [0.2, 0.25) is 5.91 Å². The molecule has 2 atom stereocenters. The Labute approximate surface area is 184 Å². The van der Waals surface area contributed by atoms with Crippen LogP contribution in [0.4, 0.5) is 0 Å². The van der Waals surface area contributed by atoms with Gasteiger partial charge in [0.05, 0.1) is 6.10 Å². The van der Waals surface area contributed by atoms with Gasteiger partial charge >= 0.3 is 0 Å². The number of nitrogens with zero attached hydrogens (tertiary/aromatic N) is 2. The molecule has 2 saturated heterocycles. The Morgan fingerprint density at radius 3 is 2.29 bits per heavy atom. The Morgan fingerprint density at radius 2 is 1.65 bits per heavy atom. The Kier molecular flexibility index (Phi) is 7.33. The summed E-state index contributed by atoms with van der Waals surface area (Å²) in [5.41, 5.74) is 1.60. The zero-order valence-corrected chi connectivity index (χ0v) is 17.9. The average Bonchev–Trinajstić information content (AvgIpc) is 3.33. The number of carbonyl (C=O) groups is 2. The van der Waals surface area contributed by atoms with E-state index < -0.39 is 6.04 Å². The number of amides is 2. The average molecular weight is 422 g/mol. The molecule has 0 radical (unpaired) electrons. The Hall–Kier alpha value is -2.70. The highest BCUT2D eigenvalue weighted by Crippen LogP contribution is 2.15. The predicted octanol–water partition coefficient (Wildman–Crippen LogP) is 2.35.